The second-order valence-corrected chi connectivity index (χ2v) is 9.52. The number of carbonyl (C=O) groups excluding carboxylic acids is 3. The normalized spacial score (nSPS) is 16.6. The van der Waals surface area contributed by atoms with E-state index in [1.807, 2.05) is 50.2 Å². The van der Waals surface area contributed by atoms with Crippen LogP contribution in [0.2, 0.25) is 5.02 Å². The maximum absolute atomic E-state index is 13.7. The van der Waals surface area contributed by atoms with Crippen LogP contribution < -0.4 is 15.4 Å². The third kappa shape index (κ3) is 5.98. The average Bonchev–Trinajstić information content (AvgIpc) is 3.20. The molecule has 1 heterocycles. The van der Waals surface area contributed by atoms with E-state index < -0.39 is 35.8 Å². The summed E-state index contributed by atoms with van der Waals surface area (Å²) in [6.45, 7) is 4.55. The number of carbonyl (C=O) groups is 3. The monoisotopic (exact) mass is 535 g/mol. The molecule has 8 nitrogen and oxygen atoms in total. The number of nitrogens with zero attached hydrogens (tertiary/aromatic N) is 1. The molecule has 2 unspecified atom stereocenters. The molecule has 1 saturated heterocycles. The van der Waals surface area contributed by atoms with Gasteiger partial charge in [-0.2, -0.15) is 0 Å². The summed E-state index contributed by atoms with van der Waals surface area (Å²) in [6, 6.07) is 18.7. The minimum Gasteiger partial charge on any atom is -0.491 e. The molecule has 3 aromatic rings. The van der Waals surface area contributed by atoms with Crippen molar-refractivity contribution in [1.82, 2.24) is 10.2 Å². The van der Waals surface area contributed by atoms with Crippen molar-refractivity contribution < 1.29 is 23.9 Å². The first-order valence-corrected chi connectivity index (χ1v) is 12.6. The largest absolute Gasteiger partial charge is 0.491 e. The Labute approximate surface area is 226 Å². The fourth-order valence-electron chi connectivity index (χ4n) is 4.42. The molecule has 1 aliphatic rings. The first-order chi connectivity index (χ1) is 18.3. The smallest absolute Gasteiger partial charge is 0.325 e. The van der Waals surface area contributed by atoms with Gasteiger partial charge in [-0.15, -0.1) is 0 Å². The molecule has 1 aliphatic heterocycles. The zero-order chi connectivity index (χ0) is 27.2. The van der Waals surface area contributed by atoms with E-state index in [-0.39, 0.29) is 0 Å². The van der Waals surface area contributed by atoms with Gasteiger partial charge in [-0.25, -0.2) is 9.69 Å². The third-order valence-electron chi connectivity index (χ3n) is 6.47. The van der Waals surface area contributed by atoms with E-state index in [9.17, 15) is 14.4 Å². The molecule has 3 aromatic carbocycles. The Kier molecular flexibility index (Phi) is 8.66. The van der Waals surface area contributed by atoms with Crippen LogP contribution in [-0.4, -0.2) is 49.1 Å². The molecule has 0 aromatic heterocycles. The van der Waals surface area contributed by atoms with Crippen molar-refractivity contribution in [3.05, 3.63) is 94.5 Å². The lowest BCUT2D eigenvalue weighted by atomic mass is 9.91. The molecule has 198 valence electrons. The van der Waals surface area contributed by atoms with Gasteiger partial charge in [0.2, 0.25) is 5.91 Å². The number of urea groups is 1. The molecular formula is C29H30ClN3O5. The van der Waals surface area contributed by atoms with Gasteiger partial charge in [0, 0.05) is 13.0 Å². The first-order valence-electron chi connectivity index (χ1n) is 12.3. The fourth-order valence-corrected chi connectivity index (χ4v) is 4.70. The molecule has 0 spiro atoms. The topological polar surface area (TPSA) is 97.0 Å². The van der Waals surface area contributed by atoms with Crippen LogP contribution >= 0.6 is 11.6 Å². The molecule has 0 saturated carbocycles. The van der Waals surface area contributed by atoms with Crippen LogP contribution in [0.3, 0.4) is 0 Å². The van der Waals surface area contributed by atoms with Gasteiger partial charge >= 0.3 is 6.03 Å². The minimum atomic E-state index is -1.12. The Morgan fingerprint density at radius 3 is 2.42 bits per heavy atom. The summed E-state index contributed by atoms with van der Waals surface area (Å²) < 4.78 is 10.6. The second kappa shape index (κ2) is 12.1. The van der Waals surface area contributed by atoms with Crippen molar-refractivity contribution in [3.8, 4) is 5.75 Å². The van der Waals surface area contributed by atoms with Crippen molar-refractivity contribution in [2.45, 2.75) is 31.8 Å². The van der Waals surface area contributed by atoms with E-state index in [0.29, 0.717) is 35.2 Å². The summed E-state index contributed by atoms with van der Waals surface area (Å²) in [4.78, 5) is 41.6. The Hall–Kier alpha value is -3.88. The molecule has 38 heavy (non-hydrogen) atoms. The number of benzene rings is 3. The summed E-state index contributed by atoms with van der Waals surface area (Å²) in [5.41, 5.74) is 2.73. The fraction of sp³-hybridized carbons (Fsp3) is 0.276. The van der Waals surface area contributed by atoms with Gasteiger partial charge < -0.3 is 20.1 Å². The number of nitrogens with one attached hydrogen (secondary N) is 2. The van der Waals surface area contributed by atoms with E-state index in [0.717, 1.165) is 16.0 Å². The van der Waals surface area contributed by atoms with Crippen LogP contribution in [0.4, 0.5) is 10.5 Å². The van der Waals surface area contributed by atoms with E-state index in [4.69, 9.17) is 21.1 Å². The number of aryl methyl sites for hydroxylation is 1. The van der Waals surface area contributed by atoms with E-state index in [2.05, 4.69) is 10.6 Å². The number of imide groups is 1. The molecule has 4 amide bonds. The number of rotatable bonds is 10. The Morgan fingerprint density at radius 1 is 1.05 bits per heavy atom. The highest BCUT2D eigenvalue weighted by molar-refractivity contribution is 6.33. The SMILES string of the molecule is COCCOc1ccc([C@H]2NC(=O)N(C(C(=O)Nc3ccc(C)cc3Cl)C(C)c3ccccc3)C2=O)cc1. The predicted molar refractivity (Wildman–Crippen MR) is 145 cm³/mol. The van der Waals surface area contributed by atoms with Gasteiger partial charge in [-0.3, -0.25) is 9.59 Å². The van der Waals surface area contributed by atoms with E-state index in [1.54, 1.807) is 43.5 Å². The zero-order valence-corrected chi connectivity index (χ0v) is 22.2. The number of methoxy groups -OCH3 is 1. The molecule has 4 rings (SSSR count). The Balaban J connectivity index is 1.62. The van der Waals surface area contributed by atoms with E-state index >= 15 is 0 Å². The highest BCUT2D eigenvalue weighted by Gasteiger charge is 2.47. The standard InChI is InChI=1S/C29H30ClN3O5/c1-18-9-14-24(23(30)17-18)31-27(34)26(19(2)20-7-5-4-6-8-20)33-28(35)25(32-29(33)36)21-10-12-22(13-11-21)38-16-15-37-3/h4-14,17,19,25-26H,15-16H2,1-3H3,(H,31,34)(H,32,36)/t19?,25-,26?/m1/s1. The van der Waals surface area contributed by atoms with Crippen molar-refractivity contribution in [1.29, 1.82) is 0 Å². The minimum absolute atomic E-state index is 0.368. The number of amides is 4. The highest BCUT2D eigenvalue weighted by Crippen LogP contribution is 2.32. The van der Waals surface area contributed by atoms with Gasteiger partial charge in [0.15, 0.2) is 0 Å². The highest BCUT2D eigenvalue weighted by atomic mass is 35.5. The lowest BCUT2D eigenvalue weighted by Gasteiger charge is -2.30. The zero-order valence-electron chi connectivity index (χ0n) is 21.4. The van der Waals surface area contributed by atoms with Gasteiger partial charge in [0.25, 0.3) is 5.91 Å². The molecule has 0 radical (unpaired) electrons. The van der Waals surface area contributed by atoms with Crippen molar-refractivity contribution in [2.75, 3.05) is 25.6 Å². The molecule has 9 heteroatoms. The summed E-state index contributed by atoms with van der Waals surface area (Å²) in [7, 11) is 1.59. The van der Waals surface area contributed by atoms with Crippen molar-refractivity contribution in [3.63, 3.8) is 0 Å². The molecule has 3 atom stereocenters. The van der Waals surface area contributed by atoms with Crippen LogP contribution in [-0.2, 0) is 14.3 Å². The van der Waals surface area contributed by atoms with Crippen LogP contribution in [0, 0.1) is 6.92 Å². The number of halogens is 1. The van der Waals surface area contributed by atoms with E-state index in [1.165, 1.54) is 0 Å². The molecule has 2 N–H and O–H groups in total. The van der Waals surface area contributed by atoms with Crippen LogP contribution in [0.15, 0.2) is 72.8 Å². The van der Waals surface area contributed by atoms with Gasteiger partial charge in [-0.05, 0) is 47.9 Å². The van der Waals surface area contributed by atoms with Crippen molar-refractivity contribution >= 4 is 35.1 Å². The quantitative estimate of drug-likeness (QED) is 0.279. The maximum Gasteiger partial charge on any atom is 0.325 e. The van der Waals surface area contributed by atoms with Crippen LogP contribution in [0.25, 0.3) is 0 Å². The van der Waals surface area contributed by atoms with Crippen LogP contribution in [0.1, 0.15) is 35.6 Å². The summed E-state index contributed by atoms with van der Waals surface area (Å²) in [5, 5.41) is 5.93. The lowest BCUT2D eigenvalue weighted by Crippen LogP contribution is -2.50. The number of hydrogen-bond acceptors (Lipinski definition) is 5. The molecular weight excluding hydrogens is 506 g/mol. The number of anilines is 1. The number of hydrogen-bond donors (Lipinski definition) is 2. The number of ether oxygens (including phenoxy) is 2. The maximum atomic E-state index is 13.7. The van der Waals surface area contributed by atoms with Crippen LogP contribution in [0.5, 0.6) is 5.75 Å². The average molecular weight is 536 g/mol. The van der Waals surface area contributed by atoms with Gasteiger partial charge in [0.05, 0.1) is 17.3 Å². The van der Waals surface area contributed by atoms with Gasteiger partial charge in [-0.1, -0.05) is 67.1 Å². The summed E-state index contributed by atoms with van der Waals surface area (Å²) >= 11 is 6.36. The lowest BCUT2D eigenvalue weighted by molar-refractivity contribution is -0.134. The molecule has 0 aliphatic carbocycles. The molecule has 0 bridgehead atoms. The Morgan fingerprint density at radius 2 is 1.76 bits per heavy atom. The third-order valence-corrected chi connectivity index (χ3v) is 6.78. The summed E-state index contributed by atoms with van der Waals surface area (Å²) in [6.07, 6.45) is 0. The second-order valence-electron chi connectivity index (χ2n) is 9.12. The molecule has 1 fully saturated rings. The van der Waals surface area contributed by atoms with Crippen molar-refractivity contribution in [2.24, 2.45) is 0 Å². The first kappa shape index (κ1) is 27.2. The predicted octanol–water partition coefficient (Wildman–Crippen LogP) is 5.08. The van der Waals surface area contributed by atoms with Gasteiger partial charge in [0.1, 0.15) is 24.4 Å². The Bertz CT molecular complexity index is 1300. The summed E-state index contributed by atoms with van der Waals surface area (Å²) in [5.74, 6) is -0.908.